The van der Waals surface area contributed by atoms with Gasteiger partial charge in [-0.15, -0.1) is 0 Å². The third-order valence-electron chi connectivity index (χ3n) is 3.16. The lowest BCUT2D eigenvalue weighted by atomic mass is 10.3. The fraction of sp³-hybridized carbons (Fsp3) is 0.417. The summed E-state index contributed by atoms with van der Waals surface area (Å²) in [5.74, 6) is 0.796. The minimum atomic E-state index is 0.422. The summed E-state index contributed by atoms with van der Waals surface area (Å²) in [6.07, 6.45) is 8.65. The van der Waals surface area contributed by atoms with Gasteiger partial charge in [0.05, 0.1) is 16.7 Å². The number of aromatic nitrogens is 4. The first kappa shape index (κ1) is 11.6. The Bertz CT molecular complexity index is 536. The Hall–Kier alpha value is -1.43. The maximum absolute atomic E-state index is 4.38. The highest BCUT2D eigenvalue weighted by molar-refractivity contribution is 9.10. The lowest BCUT2D eigenvalue weighted by Crippen LogP contribution is -2.23. The highest BCUT2D eigenvalue weighted by Crippen LogP contribution is 2.24. The fourth-order valence-electron chi connectivity index (χ4n) is 2.24. The van der Waals surface area contributed by atoms with Gasteiger partial charge in [0.2, 0.25) is 5.95 Å². The lowest BCUT2D eigenvalue weighted by Gasteiger charge is -2.16. The van der Waals surface area contributed by atoms with E-state index in [1.54, 1.807) is 12.4 Å². The fourth-order valence-corrected chi connectivity index (χ4v) is 2.45. The van der Waals surface area contributed by atoms with E-state index in [-0.39, 0.29) is 0 Å². The second-order valence-electron chi connectivity index (χ2n) is 4.59. The highest BCUT2D eigenvalue weighted by atomic mass is 79.9. The molecule has 1 aliphatic rings. The molecule has 0 aliphatic carbocycles. The van der Waals surface area contributed by atoms with Gasteiger partial charge in [-0.25, -0.2) is 9.97 Å². The molecular weight excluding hydrogens is 294 g/mol. The number of nitrogens with zero attached hydrogens (tertiary/aromatic N) is 5. The Balaban J connectivity index is 1.73. The largest absolute Gasteiger partial charge is 0.339 e. The number of halogens is 1. The Kier molecular flexibility index (Phi) is 3.03. The molecule has 0 N–H and O–H groups in total. The average Bonchev–Trinajstić information content (AvgIpc) is 2.98. The highest BCUT2D eigenvalue weighted by Gasteiger charge is 2.25. The predicted molar refractivity (Wildman–Crippen MR) is 72.6 cm³/mol. The van der Waals surface area contributed by atoms with E-state index in [2.05, 4.69) is 49.0 Å². The van der Waals surface area contributed by atoms with E-state index < -0.39 is 0 Å². The van der Waals surface area contributed by atoms with Crippen molar-refractivity contribution < 1.29 is 0 Å². The first-order chi connectivity index (χ1) is 8.72. The maximum atomic E-state index is 4.38. The van der Waals surface area contributed by atoms with Crippen molar-refractivity contribution in [3.05, 3.63) is 34.8 Å². The number of anilines is 1. The summed E-state index contributed by atoms with van der Waals surface area (Å²) in [5.41, 5.74) is 1.20. The molecule has 0 amide bonds. The molecule has 5 nitrogen and oxygen atoms in total. The zero-order valence-corrected chi connectivity index (χ0v) is 11.7. The Morgan fingerprint density at radius 1 is 1.28 bits per heavy atom. The van der Waals surface area contributed by atoms with Crippen LogP contribution < -0.4 is 4.90 Å². The van der Waals surface area contributed by atoms with Crippen LogP contribution in [-0.4, -0.2) is 32.8 Å². The summed E-state index contributed by atoms with van der Waals surface area (Å²) in [7, 11) is 0. The van der Waals surface area contributed by atoms with Gasteiger partial charge in [0, 0.05) is 31.7 Å². The van der Waals surface area contributed by atoms with E-state index in [0.717, 1.165) is 29.9 Å². The molecule has 3 rings (SSSR count). The number of rotatable bonds is 2. The Morgan fingerprint density at radius 3 is 2.72 bits per heavy atom. The molecule has 0 bridgehead atoms. The number of hydrogen-bond donors (Lipinski definition) is 0. The van der Waals surface area contributed by atoms with Crippen LogP contribution in [0.15, 0.2) is 29.3 Å². The van der Waals surface area contributed by atoms with Crippen LogP contribution in [0.2, 0.25) is 0 Å². The summed E-state index contributed by atoms with van der Waals surface area (Å²) < 4.78 is 2.96. The standard InChI is InChI=1S/C12H14BrN5/c1-9-4-16-18(7-9)11-2-3-17(8-11)12-14-5-10(13)6-15-12/h4-7,11H,2-3,8H2,1H3. The third kappa shape index (κ3) is 2.25. The minimum absolute atomic E-state index is 0.422. The van der Waals surface area contributed by atoms with Crippen LogP contribution in [0.5, 0.6) is 0 Å². The van der Waals surface area contributed by atoms with Crippen molar-refractivity contribution in [2.24, 2.45) is 0 Å². The molecule has 6 heteroatoms. The van der Waals surface area contributed by atoms with E-state index in [1.165, 1.54) is 5.56 Å². The van der Waals surface area contributed by atoms with Crippen LogP contribution in [0.3, 0.4) is 0 Å². The van der Waals surface area contributed by atoms with Gasteiger partial charge in [0.15, 0.2) is 0 Å². The summed E-state index contributed by atoms with van der Waals surface area (Å²) in [5, 5.41) is 4.38. The van der Waals surface area contributed by atoms with Gasteiger partial charge in [-0.1, -0.05) is 0 Å². The van der Waals surface area contributed by atoms with E-state index in [4.69, 9.17) is 0 Å². The van der Waals surface area contributed by atoms with Crippen molar-refractivity contribution in [1.29, 1.82) is 0 Å². The van der Waals surface area contributed by atoms with E-state index in [1.807, 2.05) is 10.9 Å². The summed E-state index contributed by atoms with van der Waals surface area (Å²) in [6.45, 7) is 3.96. The van der Waals surface area contributed by atoms with Gasteiger partial charge in [-0.2, -0.15) is 5.10 Å². The van der Waals surface area contributed by atoms with Crippen LogP contribution in [0.4, 0.5) is 5.95 Å². The van der Waals surface area contributed by atoms with Crippen molar-refractivity contribution in [2.45, 2.75) is 19.4 Å². The predicted octanol–water partition coefficient (Wildman–Crippen LogP) is 2.20. The third-order valence-corrected chi connectivity index (χ3v) is 3.57. The topological polar surface area (TPSA) is 46.8 Å². The molecule has 1 unspecified atom stereocenters. The van der Waals surface area contributed by atoms with Crippen LogP contribution in [-0.2, 0) is 0 Å². The Morgan fingerprint density at radius 2 is 2.06 bits per heavy atom. The van der Waals surface area contributed by atoms with Crippen molar-refractivity contribution in [2.75, 3.05) is 18.0 Å². The quantitative estimate of drug-likeness (QED) is 0.853. The van der Waals surface area contributed by atoms with Gasteiger partial charge < -0.3 is 4.90 Å². The van der Waals surface area contributed by atoms with Gasteiger partial charge >= 0.3 is 0 Å². The monoisotopic (exact) mass is 307 g/mol. The van der Waals surface area contributed by atoms with Gasteiger partial charge in [-0.3, -0.25) is 4.68 Å². The Labute approximate surface area is 114 Å². The van der Waals surface area contributed by atoms with E-state index in [0.29, 0.717) is 6.04 Å². The molecule has 1 aliphatic heterocycles. The molecule has 0 aromatic carbocycles. The molecule has 1 atom stereocenters. The van der Waals surface area contributed by atoms with Gasteiger partial charge in [0.1, 0.15) is 0 Å². The van der Waals surface area contributed by atoms with Crippen LogP contribution in [0.25, 0.3) is 0 Å². The zero-order valence-electron chi connectivity index (χ0n) is 10.1. The molecule has 3 heterocycles. The average molecular weight is 308 g/mol. The summed E-state index contributed by atoms with van der Waals surface area (Å²) in [4.78, 5) is 10.9. The molecular formula is C12H14BrN5. The summed E-state index contributed by atoms with van der Waals surface area (Å²) >= 11 is 3.35. The van der Waals surface area contributed by atoms with Crippen molar-refractivity contribution >= 4 is 21.9 Å². The molecule has 1 fully saturated rings. The molecule has 0 radical (unpaired) electrons. The molecule has 2 aromatic heterocycles. The van der Waals surface area contributed by atoms with Gasteiger partial charge in [-0.05, 0) is 34.8 Å². The minimum Gasteiger partial charge on any atom is -0.339 e. The van der Waals surface area contributed by atoms with Crippen LogP contribution in [0, 0.1) is 6.92 Å². The molecule has 0 saturated carbocycles. The van der Waals surface area contributed by atoms with Crippen molar-refractivity contribution in [3.8, 4) is 0 Å². The van der Waals surface area contributed by atoms with Crippen molar-refractivity contribution in [3.63, 3.8) is 0 Å². The van der Waals surface area contributed by atoms with Gasteiger partial charge in [0.25, 0.3) is 0 Å². The molecule has 94 valence electrons. The van der Waals surface area contributed by atoms with E-state index in [9.17, 15) is 0 Å². The summed E-state index contributed by atoms with van der Waals surface area (Å²) in [6, 6.07) is 0.422. The smallest absolute Gasteiger partial charge is 0.225 e. The molecule has 2 aromatic rings. The number of hydrogen-bond acceptors (Lipinski definition) is 4. The molecule has 1 saturated heterocycles. The SMILES string of the molecule is Cc1cnn(C2CCN(c3ncc(Br)cn3)C2)c1. The maximum Gasteiger partial charge on any atom is 0.225 e. The second kappa shape index (κ2) is 4.68. The lowest BCUT2D eigenvalue weighted by molar-refractivity contribution is 0.494. The first-order valence-electron chi connectivity index (χ1n) is 5.95. The van der Waals surface area contributed by atoms with Crippen molar-refractivity contribution in [1.82, 2.24) is 19.7 Å². The molecule has 18 heavy (non-hydrogen) atoms. The number of aryl methyl sites for hydroxylation is 1. The van der Waals surface area contributed by atoms with E-state index >= 15 is 0 Å². The van der Waals surface area contributed by atoms with Crippen LogP contribution in [0.1, 0.15) is 18.0 Å². The zero-order chi connectivity index (χ0) is 12.5. The molecule has 0 spiro atoms. The second-order valence-corrected chi connectivity index (χ2v) is 5.50. The normalized spacial score (nSPS) is 19.4. The first-order valence-corrected chi connectivity index (χ1v) is 6.75. The van der Waals surface area contributed by atoms with Crippen LogP contribution >= 0.6 is 15.9 Å².